The van der Waals surface area contributed by atoms with E-state index in [1.165, 1.54) is 10.2 Å². The minimum atomic E-state index is 1.11. The van der Waals surface area contributed by atoms with Crippen molar-refractivity contribution in [2.75, 3.05) is 0 Å². The predicted octanol–water partition coefficient (Wildman–Crippen LogP) is 2.71. The standard InChI is InChI=1S/C7H7BrN2S/c1-4-6-5(8)3-10(2)7(6)11-9-4/h3H,1-2H3. The summed E-state index contributed by atoms with van der Waals surface area (Å²) in [5.41, 5.74) is 1.11. The fourth-order valence-corrected chi connectivity index (χ4v) is 2.92. The van der Waals surface area contributed by atoms with Crippen molar-refractivity contribution in [2.45, 2.75) is 6.92 Å². The van der Waals surface area contributed by atoms with Gasteiger partial charge in [0.25, 0.3) is 0 Å². The van der Waals surface area contributed by atoms with Gasteiger partial charge in [0.2, 0.25) is 0 Å². The molecule has 0 radical (unpaired) electrons. The molecular formula is C7H7BrN2S. The van der Waals surface area contributed by atoms with Crippen LogP contribution >= 0.6 is 27.5 Å². The molecule has 0 spiro atoms. The van der Waals surface area contributed by atoms with Crippen molar-refractivity contribution in [3.8, 4) is 0 Å². The molecule has 0 aromatic carbocycles. The largest absolute Gasteiger partial charge is 0.340 e. The number of aryl methyl sites for hydroxylation is 2. The number of nitrogens with zero attached hydrogens (tertiary/aromatic N) is 2. The quantitative estimate of drug-likeness (QED) is 0.681. The molecule has 0 unspecified atom stereocenters. The van der Waals surface area contributed by atoms with Crippen LogP contribution in [0, 0.1) is 6.92 Å². The number of hydrogen-bond donors (Lipinski definition) is 0. The van der Waals surface area contributed by atoms with Crippen molar-refractivity contribution in [1.82, 2.24) is 8.94 Å². The lowest BCUT2D eigenvalue weighted by Crippen LogP contribution is -1.78. The van der Waals surface area contributed by atoms with Gasteiger partial charge in [0.05, 0.1) is 5.69 Å². The van der Waals surface area contributed by atoms with Crippen LogP contribution in [-0.4, -0.2) is 8.94 Å². The molecule has 0 fully saturated rings. The maximum Gasteiger partial charge on any atom is 0.124 e. The number of halogens is 1. The Morgan fingerprint density at radius 2 is 2.36 bits per heavy atom. The minimum Gasteiger partial charge on any atom is -0.340 e. The molecule has 0 atom stereocenters. The molecule has 0 aliphatic rings. The van der Waals surface area contributed by atoms with E-state index in [-0.39, 0.29) is 0 Å². The highest BCUT2D eigenvalue weighted by Gasteiger charge is 2.09. The molecule has 4 heteroatoms. The second-order valence-corrected chi connectivity index (χ2v) is 4.14. The van der Waals surface area contributed by atoms with Crippen LogP contribution in [0.4, 0.5) is 0 Å². The van der Waals surface area contributed by atoms with E-state index in [0.29, 0.717) is 0 Å². The van der Waals surface area contributed by atoms with E-state index in [9.17, 15) is 0 Å². The lowest BCUT2D eigenvalue weighted by molar-refractivity contribution is 0.975. The number of rotatable bonds is 0. The van der Waals surface area contributed by atoms with Gasteiger partial charge >= 0.3 is 0 Å². The van der Waals surface area contributed by atoms with Crippen LogP contribution in [0.15, 0.2) is 10.7 Å². The fourth-order valence-electron chi connectivity index (χ4n) is 1.17. The molecule has 0 amide bonds. The van der Waals surface area contributed by atoms with Gasteiger partial charge in [-0.2, -0.15) is 4.37 Å². The van der Waals surface area contributed by atoms with Crippen LogP contribution in [0.5, 0.6) is 0 Å². The molecule has 0 saturated carbocycles. The summed E-state index contributed by atoms with van der Waals surface area (Å²) in [6, 6.07) is 0. The number of hydrogen-bond acceptors (Lipinski definition) is 2. The SMILES string of the molecule is Cc1nsc2c1c(Br)cn2C. The molecule has 0 bridgehead atoms. The zero-order valence-electron chi connectivity index (χ0n) is 6.26. The Hall–Kier alpha value is -0.350. The van der Waals surface area contributed by atoms with Crippen LogP contribution in [0.2, 0.25) is 0 Å². The van der Waals surface area contributed by atoms with Gasteiger partial charge in [-0.25, -0.2) is 0 Å². The summed E-state index contributed by atoms with van der Waals surface area (Å²) in [5, 5.41) is 1.25. The average molecular weight is 231 g/mol. The average Bonchev–Trinajstić information content (AvgIpc) is 2.41. The van der Waals surface area contributed by atoms with E-state index in [2.05, 4.69) is 31.1 Å². The molecule has 0 aliphatic heterocycles. The van der Waals surface area contributed by atoms with Gasteiger partial charge < -0.3 is 4.57 Å². The molecular weight excluding hydrogens is 224 g/mol. The first-order chi connectivity index (χ1) is 5.20. The highest BCUT2D eigenvalue weighted by molar-refractivity contribution is 9.10. The summed E-state index contributed by atoms with van der Waals surface area (Å²) in [5.74, 6) is 0. The highest BCUT2D eigenvalue weighted by Crippen LogP contribution is 2.30. The first-order valence-electron chi connectivity index (χ1n) is 3.27. The van der Waals surface area contributed by atoms with Crippen molar-refractivity contribution < 1.29 is 0 Å². The smallest absolute Gasteiger partial charge is 0.124 e. The van der Waals surface area contributed by atoms with Crippen molar-refractivity contribution >= 4 is 37.7 Å². The van der Waals surface area contributed by atoms with E-state index in [4.69, 9.17) is 0 Å². The molecule has 2 heterocycles. The Balaban J connectivity index is 2.98. The molecule has 0 N–H and O–H groups in total. The topological polar surface area (TPSA) is 17.8 Å². The van der Waals surface area contributed by atoms with E-state index < -0.39 is 0 Å². The Kier molecular flexibility index (Phi) is 1.54. The molecule has 11 heavy (non-hydrogen) atoms. The summed E-state index contributed by atoms with van der Waals surface area (Å²) >= 11 is 5.04. The Labute approximate surface area is 77.1 Å². The predicted molar refractivity (Wildman–Crippen MR) is 51.0 cm³/mol. The van der Waals surface area contributed by atoms with Gasteiger partial charge in [-0.15, -0.1) is 0 Å². The first kappa shape index (κ1) is 7.31. The second kappa shape index (κ2) is 2.32. The van der Waals surface area contributed by atoms with Crippen molar-refractivity contribution in [3.63, 3.8) is 0 Å². The molecule has 58 valence electrons. The van der Waals surface area contributed by atoms with Gasteiger partial charge in [-0.3, -0.25) is 0 Å². The highest BCUT2D eigenvalue weighted by atomic mass is 79.9. The van der Waals surface area contributed by atoms with E-state index in [1.54, 1.807) is 11.5 Å². The van der Waals surface area contributed by atoms with Gasteiger partial charge in [0.15, 0.2) is 0 Å². The lowest BCUT2D eigenvalue weighted by Gasteiger charge is -1.84. The Morgan fingerprint density at radius 3 is 3.00 bits per heavy atom. The maximum absolute atomic E-state index is 4.27. The molecule has 2 aromatic rings. The number of fused-ring (bicyclic) bond motifs is 1. The molecule has 2 nitrogen and oxygen atoms in total. The monoisotopic (exact) mass is 230 g/mol. The molecule has 0 aliphatic carbocycles. The van der Waals surface area contributed by atoms with Crippen LogP contribution < -0.4 is 0 Å². The summed E-state index contributed by atoms with van der Waals surface area (Å²) in [7, 11) is 2.03. The van der Waals surface area contributed by atoms with Crippen molar-refractivity contribution in [3.05, 3.63) is 16.4 Å². The van der Waals surface area contributed by atoms with Gasteiger partial charge in [0.1, 0.15) is 4.83 Å². The van der Waals surface area contributed by atoms with Gasteiger partial charge in [0, 0.05) is 23.1 Å². The fraction of sp³-hybridized carbons (Fsp3) is 0.286. The first-order valence-corrected chi connectivity index (χ1v) is 4.83. The zero-order valence-corrected chi connectivity index (χ0v) is 8.66. The Morgan fingerprint density at radius 1 is 1.64 bits per heavy atom. The third-order valence-corrected chi connectivity index (χ3v) is 3.34. The van der Waals surface area contributed by atoms with Crippen LogP contribution in [0.3, 0.4) is 0 Å². The summed E-state index contributed by atoms with van der Waals surface area (Å²) in [6.45, 7) is 2.03. The Bertz CT molecular complexity index is 402. The molecule has 2 aromatic heterocycles. The third kappa shape index (κ3) is 0.929. The summed E-state index contributed by atoms with van der Waals surface area (Å²) in [4.78, 5) is 1.23. The van der Waals surface area contributed by atoms with Gasteiger partial charge in [-0.05, 0) is 34.4 Å². The van der Waals surface area contributed by atoms with Crippen LogP contribution in [0.25, 0.3) is 10.2 Å². The van der Waals surface area contributed by atoms with E-state index in [0.717, 1.165) is 10.2 Å². The summed E-state index contributed by atoms with van der Waals surface area (Å²) < 4.78 is 7.50. The zero-order chi connectivity index (χ0) is 8.01. The maximum atomic E-state index is 4.27. The third-order valence-electron chi connectivity index (χ3n) is 1.71. The van der Waals surface area contributed by atoms with Crippen molar-refractivity contribution in [1.29, 1.82) is 0 Å². The van der Waals surface area contributed by atoms with Crippen molar-refractivity contribution in [2.24, 2.45) is 7.05 Å². The summed E-state index contributed by atoms with van der Waals surface area (Å²) in [6.07, 6.45) is 2.07. The normalized spacial score (nSPS) is 11.2. The minimum absolute atomic E-state index is 1.11. The van der Waals surface area contributed by atoms with Crippen LogP contribution in [-0.2, 0) is 7.05 Å². The lowest BCUT2D eigenvalue weighted by atomic mass is 10.3. The van der Waals surface area contributed by atoms with Crippen LogP contribution in [0.1, 0.15) is 5.69 Å². The van der Waals surface area contributed by atoms with Gasteiger partial charge in [-0.1, -0.05) is 0 Å². The molecule has 0 saturated heterocycles. The second-order valence-electron chi connectivity index (χ2n) is 2.54. The van der Waals surface area contributed by atoms with E-state index >= 15 is 0 Å². The van der Waals surface area contributed by atoms with E-state index in [1.807, 2.05) is 14.0 Å². The molecule has 2 rings (SSSR count). The number of aromatic nitrogens is 2.